The number of nitrogens with zero attached hydrogens (tertiary/aromatic N) is 3. The lowest BCUT2D eigenvalue weighted by Crippen LogP contribution is -2.29. The van der Waals surface area contributed by atoms with Gasteiger partial charge in [0.25, 0.3) is 0 Å². The highest BCUT2D eigenvalue weighted by molar-refractivity contribution is 7.91. The van der Waals surface area contributed by atoms with Gasteiger partial charge in [-0.25, -0.2) is 14.0 Å². The predicted octanol–water partition coefficient (Wildman–Crippen LogP) is 8.56. The van der Waals surface area contributed by atoms with Crippen molar-refractivity contribution in [3.05, 3.63) is 119 Å². The van der Waals surface area contributed by atoms with E-state index in [-0.39, 0.29) is 0 Å². The molecule has 0 atom stereocenters. The van der Waals surface area contributed by atoms with Crippen molar-refractivity contribution in [2.75, 3.05) is 10.9 Å². The summed E-state index contributed by atoms with van der Waals surface area (Å²) < 4.78 is 35.9. The molecule has 1 fully saturated rings. The van der Waals surface area contributed by atoms with Gasteiger partial charge in [-0.1, -0.05) is 66.7 Å². The third-order valence-corrected chi connectivity index (χ3v) is 10.4. The summed E-state index contributed by atoms with van der Waals surface area (Å²) in [6.07, 6.45) is 10.0. The number of fused-ring (bicyclic) bond motifs is 1. The summed E-state index contributed by atoms with van der Waals surface area (Å²) in [5.74, 6) is 1.88. The smallest absolute Gasteiger partial charge is 0.330 e. The first-order valence-electron chi connectivity index (χ1n) is 15.2. The molecule has 46 heavy (non-hydrogen) atoms. The summed E-state index contributed by atoms with van der Waals surface area (Å²) in [4.78, 5) is 4.99. The molecule has 0 radical (unpaired) electrons. The zero-order valence-electron chi connectivity index (χ0n) is 24.9. The highest BCUT2D eigenvalue weighted by atomic mass is 35.5. The number of hydrogen-bond donors (Lipinski definition) is 2. The van der Waals surface area contributed by atoms with E-state index in [4.69, 9.17) is 32.9 Å². The largest absolute Gasteiger partial charge is 0.493 e. The van der Waals surface area contributed by atoms with Crippen molar-refractivity contribution in [1.29, 1.82) is 0 Å². The molecule has 4 aromatic carbocycles. The SMILES string of the molecule is O=S1(=O)NC(O)=CN1c1ccc(-n2cc(-c3ccc(Cl)cc3Cl)nc2Cc2ccc3cc(OCC4CCCCC4)ccc3c2)cc1. The van der Waals surface area contributed by atoms with Crippen molar-refractivity contribution >= 4 is 49.9 Å². The van der Waals surface area contributed by atoms with Gasteiger partial charge in [0.2, 0.25) is 5.88 Å². The van der Waals surface area contributed by atoms with Gasteiger partial charge in [-0.05, 0) is 89.7 Å². The summed E-state index contributed by atoms with van der Waals surface area (Å²) in [6.45, 7) is 0.775. The summed E-state index contributed by atoms with van der Waals surface area (Å²) >= 11 is 12.7. The minimum absolute atomic E-state index is 0.375. The van der Waals surface area contributed by atoms with Crippen molar-refractivity contribution in [2.24, 2.45) is 5.92 Å². The number of aromatic nitrogens is 2. The van der Waals surface area contributed by atoms with Crippen LogP contribution in [0.25, 0.3) is 27.7 Å². The molecule has 2 N–H and O–H groups in total. The minimum atomic E-state index is -3.90. The molecule has 1 aromatic heterocycles. The Morgan fingerprint density at radius 3 is 2.37 bits per heavy atom. The van der Waals surface area contributed by atoms with Crippen molar-refractivity contribution in [2.45, 2.75) is 38.5 Å². The Morgan fingerprint density at radius 1 is 0.891 bits per heavy atom. The number of aliphatic hydroxyl groups excluding tert-OH is 1. The molecule has 5 aromatic rings. The zero-order valence-corrected chi connectivity index (χ0v) is 27.2. The highest BCUT2D eigenvalue weighted by Gasteiger charge is 2.28. The average Bonchev–Trinajstić information content (AvgIpc) is 3.58. The number of benzene rings is 4. The van der Waals surface area contributed by atoms with Crippen molar-refractivity contribution < 1.29 is 18.3 Å². The fraction of sp³-hybridized carbons (Fsp3) is 0.229. The van der Waals surface area contributed by atoms with E-state index < -0.39 is 16.1 Å². The van der Waals surface area contributed by atoms with Crippen LogP contribution < -0.4 is 13.8 Å². The topological polar surface area (TPSA) is 96.7 Å². The van der Waals surface area contributed by atoms with E-state index in [1.54, 1.807) is 24.3 Å². The molecule has 0 saturated heterocycles. The van der Waals surface area contributed by atoms with Gasteiger partial charge in [0.05, 0.1) is 29.2 Å². The third kappa shape index (κ3) is 6.40. The summed E-state index contributed by atoms with van der Waals surface area (Å²) in [7, 11) is -3.90. The predicted molar refractivity (Wildman–Crippen MR) is 183 cm³/mol. The average molecular weight is 676 g/mol. The number of nitrogens with one attached hydrogen (secondary N) is 1. The molecule has 1 aliphatic heterocycles. The van der Waals surface area contributed by atoms with Crippen LogP contribution >= 0.6 is 23.2 Å². The number of aliphatic hydroxyl groups is 1. The Hall–Kier alpha value is -4.18. The molecule has 0 unspecified atom stereocenters. The number of ether oxygens (including phenoxy) is 1. The Balaban J connectivity index is 1.18. The van der Waals surface area contributed by atoms with E-state index in [0.29, 0.717) is 33.8 Å². The van der Waals surface area contributed by atoms with Crippen LogP contribution in [0.4, 0.5) is 5.69 Å². The van der Waals surface area contributed by atoms with E-state index >= 15 is 0 Å². The standard InChI is InChI=1S/C35H32Cl2N4O4S/c36-27-9-15-31(32(37)19-27)33-20-40(28-10-12-29(13-11-28)41-21-35(42)39-46(41,43)44)34(38-33)17-24-6-7-26-18-30(14-8-25(26)16-24)45-22-23-4-2-1-3-5-23/h6-16,18-21,23,39,42H,1-5,17,22H2. The molecule has 7 rings (SSSR count). The van der Waals surface area contributed by atoms with Crippen LogP contribution in [0.15, 0.2) is 97.1 Å². The van der Waals surface area contributed by atoms with Gasteiger partial charge in [-0.15, -0.1) is 0 Å². The first kappa shape index (κ1) is 30.5. The van der Waals surface area contributed by atoms with Gasteiger partial charge in [0, 0.05) is 28.9 Å². The first-order chi connectivity index (χ1) is 22.2. The van der Waals surface area contributed by atoms with Crippen LogP contribution in [0.3, 0.4) is 0 Å². The van der Waals surface area contributed by atoms with Crippen LogP contribution in [0, 0.1) is 5.92 Å². The molecule has 0 spiro atoms. The fourth-order valence-electron chi connectivity index (χ4n) is 6.18. The molecule has 2 heterocycles. The minimum Gasteiger partial charge on any atom is -0.493 e. The molecule has 1 saturated carbocycles. The molecule has 236 valence electrons. The number of anilines is 1. The van der Waals surface area contributed by atoms with E-state index in [1.807, 2.05) is 35.0 Å². The molecule has 1 aliphatic carbocycles. The molecule has 2 aliphatic rings. The van der Waals surface area contributed by atoms with Gasteiger partial charge in [0.1, 0.15) is 11.6 Å². The Labute approximate surface area is 278 Å². The summed E-state index contributed by atoms with van der Waals surface area (Å²) in [5, 5.41) is 13.0. The number of rotatable bonds is 8. The zero-order chi connectivity index (χ0) is 31.8. The number of hydrogen-bond acceptors (Lipinski definition) is 5. The lowest BCUT2D eigenvalue weighted by Gasteiger charge is -2.21. The second-order valence-electron chi connectivity index (χ2n) is 11.8. The quantitative estimate of drug-likeness (QED) is 0.172. The Bertz CT molecular complexity index is 2060. The molecular formula is C35H32Cl2N4O4S. The fourth-order valence-corrected chi connectivity index (χ4v) is 7.74. The number of halogens is 2. The third-order valence-electron chi connectivity index (χ3n) is 8.55. The van der Waals surface area contributed by atoms with Gasteiger partial charge in [-0.2, -0.15) is 8.42 Å². The van der Waals surface area contributed by atoms with Gasteiger partial charge in [0.15, 0.2) is 0 Å². The lowest BCUT2D eigenvalue weighted by molar-refractivity contribution is 0.209. The second kappa shape index (κ2) is 12.5. The lowest BCUT2D eigenvalue weighted by atomic mass is 9.90. The van der Waals surface area contributed by atoms with Crippen LogP contribution in [-0.2, 0) is 16.6 Å². The van der Waals surface area contributed by atoms with E-state index in [9.17, 15) is 13.5 Å². The second-order valence-corrected chi connectivity index (χ2v) is 14.2. The van der Waals surface area contributed by atoms with Crippen LogP contribution in [0.1, 0.15) is 43.5 Å². The first-order valence-corrected chi connectivity index (χ1v) is 17.4. The summed E-state index contributed by atoms with van der Waals surface area (Å²) in [5.41, 5.74) is 3.66. The van der Waals surface area contributed by atoms with Crippen LogP contribution in [0.5, 0.6) is 5.75 Å². The van der Waals surface area contributed by atoms with Gasteiger partial charge < -0.3 is 14.4 Å². The van der Waals surface area contributed by atoms with Crippen molar-refractivity contribution in [3.8, 4) is 22.7 Å². The van der Waals surface area contributed by atoms with Crippen molar-refractivity contribution in [3.63, 3.8) is 0 Å². The van der Waals surface area contributed by atoms with Crippen molar-refractivity contribution in [1.82, 2.24) is 14.3 Å². The normalized spacial score (nSPS) is 16.4. The van der Waals surface area contributed by atoms with E-state index in [1.165, 1.54) is 32.1 Å². The van der Waals surface area contributed by atoms with E-state index in [2.05, 4.69) is 35.1 Å². The molecule has 0 bridgehead atoms. The molecule has 0 amide bonds. The highest BCUT2D eigenvalue weighted by Crippen LogP contribution is 2.33. The van der Waals surface area contributed by atoms with E-state index in [0.717, 1.165) is 56.3 Å². The van der Waals surface area contributed by atoms with Gasteiger partial charge >= 0.3 is 10.2 Å². The van der Waals surface area contributed by atoms with Gasteiger partial charge in [-0.3, -0.25) is 0 Å². The summed E-state index contributed by atoms with van der Waals surface area (Å²) in [6, 6.07) is 24.9. The number of imidazole rings is 1. The maximum absolute atomic E-state index is 12.4. The Morgan fingerprint density at radius 2 is 1.63 bits per heavy atom. The van der Waals surface area contributed by atoms with Crippen LogP contribution in [0.2, 0.25) is 10.0 Å². The molecule has 11 heteroatoms. The monoisotopic (exact) mass is 674 g/mol. The molecule has 8 nitrogen and oxygen atoms in total. The maximum atomic E-state index is 12.4. The van der Waals surface area contributed by atoms with Crippen LogP contribution in [-0.4, -0.2) is 29.7 Å². The molecular weight excluding hydrogens is 643 g/mol. The maximum Gasteiger partial charge on any atom is 0.330 e. The Kier molecular flexibility index (Phi) is 8.31.